The van der Waals surface area contributed by atoms with Gasteiger partial charge in [-0.05, 0) is 29.7 Å². The first-order chi connectivity index (χ1) is 7.74. The smallest absolute Gasteiger partial charge is 0.223 e. The molecule has 2 unspecified atom stereocenters. The van der Waals surface area contributed by atoms with Crippen LogP contribution >= 0.6 is 11.3 Å². The van der Waals surface area contributed by atoms with Gasteiger partial charge in [0, 0.05) is 6.54 Å². The molecule has 3 rings (SSSR count). The second-order valence-corrected chi connectivity index (χ2v) is 5.32. The van der Waals surface area contributed by atoms with Gasteiger partial charge in [0.15, 0.2) is 0 Å². The van der Waals surface area contributed by atoms with Crippen LogP contribution < -0.4 is 11.1 Å². The minimum atomic E-state index is 0.348. The van der Waals surface area contributed by atoms with Crippen LogP contribution in [0, 0.1) is 11.8 Å². The van der Waals surface area contributed by atoms with E-state index in [0.29, 0.717) is 5.95 Å². The average Bonchev–Trinajstić information content (AvgIpc) is 2.76. The van der Waals surface area contributed by atoms with Gasteiger partial charge < -0.3 is 11.1 Å². The lowest BCUT2D eigenvalue weighted by atomic mass is 10.3. The molecule has 0 spiro atoms. The molecule has 16 heavy (non-hydrogen) atoms. The van der Waals surface area contributed by atoms with Crippen molar-refractivity contribution in [2.24, 2.45) is 11.8 Å². The first kappa shape index (κ1) is 9.84. The van der Waals surface area contributed by atoms with E-state index >= 15 is 0 Å². The highest BCUT2D eigenvalue weighted by Crippen LogP contribution is 2.38. The number of nitrogens with zero attached hydrogens (tertiary/aromatic N) is 2. The maximum absolute atomic E-state index is 5.68. The van der Waals surface area contributed by atoms with E-state index < -0.39 is 0 Å². The molecule has 0 aliphatic heterocycles. The molecule has 2 atom stereocenters. The van der Waals surface area contributed by atoms with Crippen molar-refractivity contribution in [3.05, 3.63) is 11.4 Å². The van der Waals surface area contributed by atoms with Crippen LogP contribution in [0.15, 0.2) is 11.4 Å². The van der Waals surface area contributed by atoms with Gasteiger partial charge in [0.1, 0.15) is 10.6 Å². The Morgan fingerprint density at radius 2 is 2.38 bits per heavy atom. The number of thiophene rings is 1. The summed E-state index contributed by atoms with van der Waals surface area (Å²) in [5.41, 5.74) is 5.68. The van der Waals surface area contributed by atoms with Gasteiger partial charge in [-0.1, -0.05) is 6.92 Å². The van der Waals surface area contributed by atoms with Crippen LogP contribution in [0.1, 0.15) is 13.3 Å². The topological polar surface area (TPSA) is 63.8 Å². The lowest BCUT2D eigenvalue weighted by molar-refractivity contribution is 0.785. The Hall–Kier alpha value is -1.36. The van der Waals surface area contributed by atoms with Gasteiger partial charge in [0.25, 0.3) is 0 Å². The van der Waals surface area contributed by atoms with Crippen molar-refractivity contribution in [1.82, 2.24) is 9.97 Å². The maximum atomic E-state index is 5.68. The van der Waals surface area contributed by atoms with Crippen LogP contribution in [0.3, 0.4) is 0 Å². The van der Waals surface area contributed by atoms with Crippen LogP contribution in [0.5, 0.6) is 0 Å². The maximum Gasteiger partial charge on any atom is 0.223 e. The second kappa shape index (κ2) is 3.59. The third kappa shape index (κ3) is 1.71. The fourth-order valence-corrected chi connectivity index (χ4v) is 2.69. The molecule has 0 radical (unpaired) electrons. The van der Waals surface area contributed by atoms with Crippen molar-refractivity contribution < 1.29 is 0 Å². The van der Waals surface area contributed by atoms with Gasteiger partial charge in [0.05, 0.1) is 5.39 Å². The monoisotopic (exact) mass is 234 g/mol. The predicted octanol–water partition coefficient (Wildman–Crippen LogP) is 2.34. The molecule has 0 aromatic carbocycles. The molecule has 1 aliphatic carbocycles. The molecule has 3 N–H and O–H groups in total. The third-order valence-electron chi connectivity index (χ3n) is 3.15. The second-order valence-electron chi connectivity index (χ2n) is 4.42. The summed E-state index contributed by atoms with van der Waals surface area (Å²) in [5.74, 6) is 2.87. The highest BCUT2D eigenvalue weighted by molar-refractivity contribution is 7.16. The average molecular weight is 234 g/mol. The predicted molar refractivity (Wildman–Crippen MR) is 67.6 cm³/mol. The normalized spacial score (nSPS) is 23.6. The number of anilines is 2. The van der Waals surface area contributed by atoms with E-state index in [1.807, 2.05) is 11.4 Å². The molecule has 0 bridgehead atoms. The molecule has 0 saturated heterocycles. The summed E-state index contributed by atoms with van der Waals surface area (Å²) in [7, 11) is 0. The first-order valence-electron chi connectivity index (χ1n) is 5.48. The zero-order valence-electron chi connectivity index (χ0n) is 9.10. The number of rotatable bonds is 3. The Kier molecular flexibility index (Phi) is 2.21. The fraction of sp³-hybridized carbons (Fsp3) is 0.455. The van der Waals surface area contributed by atoms with E-state index in [9.17, 15) is 0 Å². The minimum absolute atomic E-state index is 0.348. The molecule has 0 amide bonds. The standard InChI is InChI=1S/C11H14N4S/c1-6-4-7(6)5-13-9-8-2-3-16-10(8)15-11(12)14-9/h2-3,6-7H,4-5H2,1H3,(H3,12,13,14,15). The highest BCUT2D eigenvalue weighted by Gasteiger charge is 2.32. The minimum Gasteiger partial charge on any atom is -0.369 e. The molecule has 2 aromatic heterocycles. The van der Waals surface area contributed by atoms with Crippen molar-refractivity contribution in [3.63, 3.8) is 0 Å². The number of nitrogens with two attached hydrogens (primary N) is 1. The van der Waals surface area contributed by atoms with E-state index in [0.717, 1.165) is 34.4 Å². The fourth-order valence-electron chi connectivity index (χ4n) is 1.92. The summed E-state index contributed by atoms with van der Waals surface area (Å²) in [6, 6.07) is 2.04. The van der Waals surface area contributed by atoms with Gasteiger partial charge in [0.2, 0.25) is 5.95 Å². The molecule has 5 heteroatoms. The molecule has 1 aliphatic rings. The number of aromatic nitrogens is 2. The Balaban J connectivity index is 1.86. The summed E-state index contributed by atoms with van der Waals surface area (Å²) in [6.45, 7) is 3.27. The van der Waals surface area contributed by atoms with Crippen molar-refractivity contribution >= 4 is 33.3 Å². The van der Waals surface area contributed by atoms with Crippen LogP contribution in [-0.2, 0) is 0 Å². The number of hydrogen-bond acceptors (Lipinski definition) is 5. The molecular weight excluding hydrogens is 220 g/mol. The van der Waals surface area contributed by atoms with Gasteiger partial charge in [-0.25, -0.2) is 4.98 Å². The van der Waals surface area contributed by atoms with Gasteiger partial charge >= 0.3 is 0 Å². The number of hydrogen-bond donors (Lipinski definition) is 2. The summed E-state index contributed by atoms with van der Waals surface area (Å²) in [4.78, 5) is 9.42. The van der Waals surface area contributed by atoms with E-state index in [2.05, 4.69) is 22.2 Å². The first-order valence-corrected chi connectivity index (χ1v) is 6.36. The zero-order valence-corrected chi connectivity index (χ0v) is 9.92. The van der Waals surface area contributed by atoms with E-state index in [-0.39, 0.29) is 0 Å². The van der Waals surface area contributed by atoms with E-state index in [1.54, 1.807) is 11.3 Å². The number of nitrogens with one attached hydrogen (secondary N) is 1. The van der Waals surface area contributed by atoms with Gasteiger partial charge in [-0.2, -0.15) is 4.98 Å². The van der Waals surface area contributed by atoms with Crippen molar-refractivity contribution in [3.8, 4) is 0 Å². The Bertz CT molecular complexity index is 522. The Labute approximate surface area is 97.9 Å². The SMILES string of the molecule is CC1CC1CNc1nc(N)nc2sccc12. The van der Waals surface area contributed by atoms with Crippen LogP contribution in [0.2, 0.25) is 0 Å². The molecule has 2 aromatic rings. The van der Waals surface area contributed by atoms with Gasteiger partial charge in [-0.3, -0.25) is 0 Å². The van der Waals surface area contributed by atoms with Crippen LogP contribution in [0.25, 0.3) is 10.2 Å². The molecule has 1 fully saturated rings. The van der Waals surface area contributed by atoms with E-state index in [4.69, 9.17) is 5.73 Å². The number of fused-ring (bicyclic) bond motifs is 1. The van der Waals surface area contributed by atoms with Crippen LogP contribution in [0.4, 0.5) is 11.8 Å². The summed E-state index contributed by atoms with van der Waals surface area (Å²) in [6.07, 6.45) is 1.32. The molecular formula is C11H14N4S. The van der Waals surface area contributed by atoms with Crippen molar-refractivity contribution in [2.75, 3.05) is 17.6 Å². The third-order valence-corrected chi connectivity index (χ3v) is 3.96. The summed E-state index contributed by atoms with van der Waals surface area (Å²) >= 11 is 1.59. The van der Waals surface area contributed by atoms with E-state index in [1.165, 1.54) is 6.42 Å². The molecule has 4 nitrogen and oxygen atoms in total. The highest BCUT2D eigenvalue weighted by atomic mass is 32.1. The van der Waals surface area contributed by atoms with Crippen molar-refractivity contribution in [2.45, 2.75) is 13.3 Å². The van der Waals surface area contributed by atoms with Crippen molar-refractivity contribution in [1.29, 1.82) is 0 Å². The zero-order chi connectivity index (χ0) is 11.1. The lowest BCUT2D eigenvalue weighted by Crippen LogP contribution is -2.08. The molecule has 84 valence electrons. The van der Waals surface area contributed by atoms with Gasteiger partial charge in [-0.15, -0.1) is 11.3 Å². The summed E-state index contributed by atoms with van der Waals surface area (Å²) in [5, 5.41) is 6.48. The summed E-state index contributed by atoms with van der Waals surface area (Å²) < 4.78 is 0. The van der Waals surface area contributed by atoms with Crippen LogP contribution in [-0.4, -0.2) is 16.5 Å². The largest absolute Gasteiger partial charge is 0.369 e. The Morgan fingerprint density at radius 3 is 3.12 bits per heavy atom. The number of nitrogen functional groups attached to an aromatic ring is 1. The molecule has 1 saturated carbocycles. The molecule has 2 heterocycles. The quantitative estimate of drug-likeness (QED) is 0.855. The lowest BCUT2D eigenvalue weighted by Gasteiger charge is -2.06. The Morgan fingerprint density at radius 1 is 1.56 bits per heavy atom.